The average Bonchev–Trinajstić information content (AvgIpc) is 2.89. The molecule has 0 aromatic heterocycles. The molecule has 2 rings (SSSR count). The van der Waals surface area contributed by atoms with E-state index in [1.165, 1.54) is 101 Å². The lowest BCUT2D eigenvalue weighted by Gasteiger charge is -2.22. The van der Waals surface area contributed by atoms with E-state index in [2.05, 4.69) is 32.1 Å². The number of aryl methyl sites for hydroxylation is 1. The summed E-state index contributed by atoms with van der Waals surface area (Å²) in [7, 11) is -3.72. The Hall–Kier alpha value is -1.51. The van der Waals surface area contributed by atoms with Crippen LogP contribution in [-0.2, 0) is 20.0 Å². The lowest BCUT2D eigenvalue weighted by Crippen LogP contribution is -2.05. The van der Waals surface area contributed by atoms with Gasteiger partial charge in [0.25, 0.3) is 0 Å². The van der Waals surface area contributed by atoms with Crippen molar-refractivity contribution < 1.29 is 18.1 Å². The van der Waals surface area contributed by atoms with Crippen molar-refractivity contribution in [2.24, 2.45) is 0 Å². The minimum atomic E-state index is -3.72. The van der Waals surface area contributed by atoms with Crippen LogP contribution < -0.4 is 4.52 Å². The number of hydrogen-bond donors (Lipinski definition) is 0. The zero-order valence-electron chi connectivity index (χ0n) is 24.0. The molecule has 37 heavy (non-hydrogen) atoms. The van der Waals surface area contributed by atoms with Crippen LogP contribution in [0.25, 0.3) is 0 Å². The Bertz CT molecular complexity index is 828. The molecule has 0 spiro atoms. The van der Waals surface area contributed by atoms with Crippen molar-refractivity contribution in [3.8, 4) is 5.75 Å². The van der Waals surface area contributed by atoms with Gasteiger partial charge in [-0.15, -0.1) is 0 Å². The standard InChI is InChI=1S/C32H53O4P/c1-4-7-9-11-13-15-17-19-29-21-25-31(26-22-29)35-37(33,34-6-3)36-32-27-23-30(24-28-32)20-18-16-14-12-10-8-5-2/h21-23,25-27H,4-20,24,28H2,1-3H3. The molecule has 1 aliphatic carbocycles. The van der Waals surface area contributed by atoms with Gasteiger partial charge in [-0.25, -0.2) is 4.57 Å². The smallest absolute Gasteiger partial charge is 0.400 e. The first-order chi connectivity index (χ1) is 18.1. The average molecular weight is 533 g/mol. The molecule has 1 aliphatic rings. The second kappa shape index (κ2) is 19.5. The SMILES string of the molecule is CCCCCCCCCC1=CC=C(OP(=O)(OCC)Oc2ccc(CCCCCCCCC)cc2)CC1. The summed E-state index contributed by atoms with van der Waals surface area (Å²) in [5.41, 5.74) is 2.73. The van der Waals surface area contributed by atoms with Crippen LogP contribution in [-0.4, -0.2) is 6.61 Å². The Morgan fingerprint density at radius 3 is 1.76 bits per heavy atom. The Balaban J connectivity index is 1.77. The van der Waals surface area contributed by atoms with E-state index in [9.17, 15) is 4.57 Å². The van der Waals surface area contributed by atoms with Crippen LogP contribution in [0.4, 0.5) is 0 Å². The number of rotatable bonds is 22. The van der Waals surface area contributed by atoms with Crippen molar-refractivity contribution >= 4 is 7.82 Å². The van der Waals surface area contributed by atoms with E-state index < -0.39 is 7.82 Å². The van der Waals surface area contributed by atoms with Crippen molar-refractivity contribution in [2.45, 2.75) is 136 Å². The van der Waals surface area contributed by atoms with Gasteiger partial charge in [-0.1, -0.05) is 115 Å². The Labute approximate surface area is 227 Å². The number of unbranched alkanes of at least 4 members (excludes halogenated alkanes) is 12. The maximum atomic E-state index is 13.3. The third-order valence-corrected chi connectivity index (χ3v) is 8.49. The van der Waals surface area contributed by atoms with E-state index in [4.69, 9.17) is 13.6 Å². The van der Waals surface area contributed by atoms with Crippen LogP contribution in [0, 0.1) is 0 Å². The molecule has 5 heteroatoms. The molecule has 1 atom stereocenters. The monoisotopic (exact) mass is 532 g/mol. The van der Waals surface area contributed by atoms with E-state index >= 15 is 0 Å². The molecule has 0 saturated heterocycles. The second-order valence-electron chi connectivity index (χ2n) is 10.4. The molecule has 0 saturated carbocycles. The summed E-state index contributed by atoms with van der Waals surface area (Å²) in [5.74, 6) is 1.20. The summed E-state index contributed by atoms with van der Waals surface area (Å²) in [4.78, 5) is 0. The van der Waals surface area contributed by atoms with E-state index in [0.29, 0.717) is 11.5 Å². The van der Waals surface area contributed by atoms with Gasteiger partial charge in [0, 0.05) is 6.42 Å². The van der Waals surface area contributed by atoms with Gasteiger partial charge in [0.1, 0.15) is 11.5 Å². The van der Waals surface area contributed by atoms with Gasteiger partial charge < -0.3 is 9.05 Å². The highest BCUT2D eigenvalue weighted by Gasteiger charge is 2.31. The largest absolute Gasteiger partial charge is 0.587 e. The minimum Gasteiger partial charge on any atom is -0.400 e. The van der Waals surface area contributed by atoms with Crippen LogP contribution in [0.1, 0.15) is 135 Å². The van der Waals surface area contributed by atoms with Crippen molar-refractivity contribution in [1.82, 2.24) is 0 Å². The third-order valence-electron chi connectivity index (χ3n) is 7.02. The number of phosphoric acid groups is 1. The van der Waals surface area contributed by atoms with Crippen LogP contribution in [0.15, 0.2) is 47.7 Å². The van der Waals surface area contributed by atoms with Gasteiger partial charge in [-0.2, -0.15) is 0 Å². The fourth-order valence-electron chi connectivity index (χ4n) is 4.76. The summed E-state index contributed by atoms with van der Waals surface area (Å²) in [6.07, 6.45) is 26.4. The van der Waals surface area contributed by atoms with E-state index in [1.54, 1.807) is 6.92 Å². The first kappa shape index (κ1) is 31.7. The number of hydrogen-bond acceptors (Lipinski definition) is 4. The quantitative estimate of drug-likeness (QED) is 0.110. The molecule has 1 unspecified atom stereocenters. The number of phosphoric ester groups is 1. The number of allylic oxidation sites excluding steroid dienone is 4. The topological polar surface area (TPSA) is 44.8 Å². The number of benzene rings is 1. The Kier molecular flexibility index (Phi) is 16.7. The molecule has 0 heterocycles. The highest BCUT2D eigenvalue weighted by atomic mass is 31.2. The predicted octanol–water partition coefficient (Wildman–Crippen LogP) is 11.3. The maximum absolute atomic E-state index is 13.3. The molecule has 0 N–H and O–H groups in total. The highest BCUT2D eigenvalue weighted by molar-refractivity contribution is 7.49. The summed E-state index contributed by atoms with van der Waals surface area (Å²) < 4.78 is 30.4. The fraction of sp³-hybridized carbons (Fsp3) is 0.688. The van der Waals surface area contributed by atoms with Crippen LogP contribution in [0.2, 0.25) is 0 Å². The maximum Gasteiger partial charge on any atom is 0.587 e. The molecule has 210 valence electrons. The van der Waals surface area contributed by atoms with Crippen LogP contribution >= 0.6 is 7.82 Å². The van der Waals surface area contributed by atoms with Gasteiger partial charge >= 0.3 is 7.82 Å². The lowest BCUT2D eigenvalue weighted by molar-refractivity contribution is 0.188. The molecule has 0 radical (unpaired) electrons. The van der Waals surface area contributed by atoms with Gasteiger partial charge in [0.2, 0.25) is 0 Å². The molecular weight excluding hydrogens is 479 g/mol. The molecular formula is C32H53O4P. The molecule has 4 nitrogen and oxygen atoms in total. The Morgan fingerprint density at radius 2 is 1.22 bits per heavy atom. The normalized spacial score (nSPS) is 15.1. The third kappa shape index (κ3) is 14.3. The van der Waals surface area contributed by atoms with E-state index in [-0.39, 0.29) is 6.61 Å². The van der Waals surface area contributed by atoms with E-state index in [1.807, 2.05) is 18.2 Å². The highest BCUT2D eigenvalue weighted by Crippen LogP contribution is 2.52. The molecule has 0 aliphatic heterocycles. The van der Waals surface area contributed by atoms with Gasteiger partial charge in [0.15, 0.2) is 0 Å². The summed E-state index contributed by atoms with van der Waals surface area (Å²) in [5, 5.41) is 0. The van der Waals surface area contributed by atoms with Gasteiger partial charge in [0.05, 0.1) is 6.61 Å². The van der Waals surface area contributed by atoms with Crippen LogP contribution in [0.3, 0.4) is 0 Å². The minimum absolute atomic E-state index is 0.264. The summed E-state index contributed by atoms with van der Waals surface area (Å²) >= 11 is 0. The van der Waals surface area contributed by atoms with E-state index in [0.717, 1.165) is 25.7 Å². The van der Waals surface area contributed by atoms with Crippen molar-refractivity contribution in [1.29, 1.82) is 0 Å². The molecule has 0 fully saturated rings. The summed E-state index contributed by atoms with van der Waals surface area (Å²) in [6, 6.07) is 7.87. The summed E-state index contributed by atoms with van der Waals surface area (Å²) in [6.45, 7) is 6.58. The lowest BCUT2D eigenvalue weighted by atomic mass is 9.97. The second-order valence-corrected chi connectivity index (χ2v) is 11.9. The molecule has 1 aromatic rings. The van der Waals surface area contributed by atoms with Crippen molar-refractivity contribution in [2.75, 3.05) is 6.61 Å². The fourth-order valence-corrected chi connectivity index (χ4v) is 6.04. The Morgan fingerprint density at radius 1 is 0.649 bits per heavy atom. The zero-order valence-corrected chi connectivity index (χ0v) is 24.9. The van der Waals surface area contributed by atoms with Crippen molar-refractivity contribution in [3.63, 3.8) is 0 Å². The van der Waals surface area contributed by atoms with Gasteiger partial charge in [-0.3, -0.25) is 4.52 Å². The molecule has 1 aromatic carbocycles. The first-order valence-electron chi connectivity index (χ1n) is 15.2. The predicted molar refractivity (Wildman–Crippen MR) is 157 cm³/mol. The zero-order chi connectivity index (χ0) is 26.6. The molecule has 0 bridgehead atoms. The first-order valence-corrected chi connectivity index (χ1v) is 16.7. The van der Waals surface area contributed by atoms with Crippen LogP contribution in [0.5, 0.6) is 5.75 Å². The van der Waals surface area contributed by atoms with Crippen molar-refractivity contribution in [3.05, 3.63) is 53.3 Å². The van der Waals surface area contributed by atoms with Gasteiger partial charge in [-0.05, 0) is 62.8 Å². The molecule has 0 amide bonds.